The summed E-state index contributed by atoms with van der Waals surface area (Å²) in [6.07, 6.45) is 3.28. The Kier molecular flexibility index (Phi) is 3.80. The Morgan fingerprint density at radius 1 is 1.05 bits per heavy atom. The van der Waals surface area contributed by atoms with Gasteiger partial charge in [0, 0.05) is 0 Å². The van der Waals surface area contributed by atoms with Crippen LogP contribution in [0.1, 0.15) is 26.3 Å². The lowest BCUT2D eigenvalue weighted by atomic mass is 9.91. The van der Waals surface area contributed by atoms with E-state index in [0.29, 0.717) is 22.8 Å². The summed E-state index contributed by atoms with van der Waals surface area (Å²) < 4.78 is 0. The molecule has 0 aliphatic rings. The van der Waals surface area contributed by atoms with E-state index in [0.717, 1.165) is 0 Å². The second-order valence-electron chi connectivity index (χ2n) is 4.43. The molecular formula is C15H14N2O4. The van der Waals surface area contributed by atoms with Crippen molar-refractivity contribution in [3.8, 4) is 0 Å². The van der Waals surface area contributed by atoms with Crippen LogP contribution in [0.25, 0.3) is 10.8 Å². The van der Waals surface area contributed by atoms with Crippen LogP contribution in [0.2, 0.25) is 0 Å². The molecule has 0 saturated carbocycles. The lowest BCUT2D eigenvalue weighted by Crippen LogP contribution is -2.14. The summed E-state index contributed by atoms with van der Waals surface area (Å²) >= 11 is 0. The van der Waals surface area contributed by atoms with Gasteiger partial charge < -0.3 is 21.7 Å². The van der Waals surface area contributed by atoms with Gasteiger partial charge in [-0.05, 0) is 29.0 Å². The molecule has 0 atom stereocenters. The first-order valence-electron chi connectivity index (χ1n) is 6.15. The van der Waals surface area contributed by atoms with E-state index in [1.807, 2.05) is 0 Å². The molecule has 0 fully saturated rings. The van der Waals surface area contributed by atoms with Gasteiger partial charge in [-0.3, -0.25) is 0 Å². The third-order valence-electron chi connectivity index (χ3n) is 3.25. The maximum Gasteiger partial charge on any atom is 0.338 e. The van der Waals surface area contributed by atoms with Gasteiger partial charge in [0.05, 0.1) is 16.8 Å². The molecule has 0 radical (unpaired) electrons. The lowest BCUT2D eigenvalue weighted by molar-refractivity contribution is 0.0654. The number of nitrogens with two attached hydrogens (primary N) is 2. The van der Waals surface area contributed by atoms with Crippen molar-refractivity contribution >= 4 is 28.4 Å². The quantitative estimate of drug-likeness (QED) is 0.635. The van der Waals surface area contributed by atoms with Gasteiger partial charge in [0.15, 0.2) is 0 Å². The Hall–Kier alpha value is -3.02. The van der Waals surface area contributed by atoms with Crippen LogP contribution >= 0.6 is 0 Å². The molecule has 0 heterocycles. The second-order valence-corrected chi connectivity index (χ2v) is 4.43. The van der Waals surface area contributed by atoms with Crippen molar-refractivity contribution < 1.29 is 19.8 Å². The van der Waals surface area contributed by atoms with Crippen LogP contribution in [-0.2, 0) is 6.42 Å². The maximum atomic E-state index is 11.5. The average molecular weight is 286 g/mol. The van der Waals surface area contributed by atoms with Gasteiger partial charge in [0.2, 0.25) is 0 Å². The summed E-state index contributed by atoms with van der Waals surface area (Å²) in [5.74, 6) is -2.69. The summed E-state index contributed by atoms with van der Waals surface area (Å²) in [7, 11) is 0. The molecule has 0 amide bonds. The van der Waals surface area contributed by atoms with E-state index >= 15 is 0 Å². The number of anilines is 1. The predicted octanol–water partition coefficient (Wildman–Crippen LogP) is 1.83. The molecule has 108 valence electrons. The average Bonchev–Trinajstić information content (AvgIpc) is 2.44. The molecule has 0 spiro atoms. The van der Waals surface area contributed by atoms with Crippen molar-refractivity contribution in [1.82, 2.24) is 0 Å². The summed E-state index contributed by atoms with van der Waals surface area (Å²) in [5, 5.41) is 19.6. The Balaban J connectivity index is 2.98. The fourth-order valence-electron chi connectivity index (χ4n) is 2.38. The highest BCUT2D eigenvalue weighted by atomic mass is 16.4. The first-order chi connectivity index (χ1) is 9.99. The molecule has 2 aromatic carbocycles. The van der Waals surface area contributed by atoms with E-state index in [1.54, 1.807) is 30.3 Å². The van der Waals surface area contributed by atoms with Gasteiger partial charge in [-0.15, -0.1) is 0 Å². The summed E-state index contributed by atoms with van der Waals surface area (Å²) in [4.78, 5) is 22.9. The van der Waals surface area contributed by atoms with Crippen molar-refractivity contribution in [1.29, 1.82) is 0 Å². The van der Waals surface area contributed by atoms with Crippen molar-refractivity contribution in [2.45, 2.75) is 6.42 Å². The summed E-state index contributed by atoms with van der Waals surface area (Å²) in [5.41, 5.74) is 11.0. The number of carboxylic acid groups (broad SMARTS) is 2. The second kappa shape index (κ2) is 5.54. The highest BCUT2D eigenvalue weighted by Crippen LogP contribution is 2.33. The molecule has 6 nitrogen and oxygen atoms in total. The van der Waals surface area contributed by atoms with Crippen molar-refractivity contribution in [3.63, 3.8) is 0 Å². The zero-order chi connectivity index (χ0) is 15.6. The van der Waals surface area contributed by atoms with Crippen LogP contribution < -0.4 is 11.5 Å². The first-order valence-corrected chi connectivity index (χ1v) is 6.15. The van der Waals surface area contributed by atoms with E-state index in [-0.39, 0.29) is 16.8 Å². The van der Waals surface area contributed by atoms with Crippen LogP contribution in [0.5, 0.6) is 0 Å². The number of hydrogen-bond acceptors (Lipinski definition) is 4. The van der Waals surface area contributed by atoms with Gasteiger partial charge in [-0.2, -0.15) is 0 Å². The Morgan fingerprint density at radius 2 is 1.62 bits per heavy atom. The smallest absolute Gasteiger partial charge is 0.338 e. The van der Waals surface area contributed by atoms with E-state index in [4.69, 9.17) is 11.5 Å². The molecule has 0 aliphatic carbocycles. The largest absolute Gasteiger partial charge is 0.478 e. The van der Waals surface area contributed by atoms with E-state index in [2.05, 4.69) is 0 Å². The topological polar surface area (TPSA) is 127 Å². The molecule has 0 unspecified atom stereocenters. The number of carboxylic acids is 2. The van der Waals surface area contributed by atoms with Crippen molar-refractivity contribution in [2.75, 3.05) is 5.73 Å². The molecule has 0 bridgehead atoms. The maximum absolute atomic E-state index is 11.5. The number of fused-ring (bicyclic) bond motifs is 1. The standard InChI is InChI=1S/C15H14N2O4/c16-7-3-6-10-8-4-1-2-5-9(8)11(14(18)19)12(13(10)17)15(20)21/h1-5,7H,6,16-17H2,(H,18,19)(H,20,21). The van der Waals surface area contributed by atoms with Crippen LogP contribution in [-0.4, -0.2) is 22.2 Å². The number of benzene rings is 2. The number of hydrogen-bond donors (Lipinski definition) is 4. The van der Waals surface area contributed by atoms with Crippen molar-refractivity contribution in [3.05, 3.63) is 53.2 Å². The van der Waals surface area contributed by atoms with Gasteiger partial charge >= 0.3 is 11.9 Å². The fraction of sp³-hybridized carbons (Fsp3) is 0.0667. The van der Waals surface area contributed by atoms with Gasteiger partial charge in [0.25, 0.3) is 0 Å². The van der Waals surface area contributed by atoms with E-state index < -0.39 is 11.9 Å². The molecule has 0 saturated heterocycles. The summed E-state index contributed by atoms with van der Waals surface area (Å²) in [6.45, 7) is 0. The number of rotatable bonds is 4. The number of allylic oxidation sites excluding steroid dienone is 1. The molecule has 6 heteroatoms. The lowest BCUT2D eigenvalue weighted by Gasteiger charge is -2.15. The van der Waals surface area contributed by atoms with E-state index in [9.17, 15) is 19.8 Å². The molecule has 0 aliphatic heterocycles. The first kappa shape index (κ1) is 14.4. The number of aromatic carboxylic acids is 2. The SMILES string of the molecule is NC=CCc1c(N)c(C(=O)O)c(C(=O)O)c2ccccc12. The zero-order valence-corrected chi connectivity index (χ0v) is 11.0. The number of nitrogen functional groups attached to an aromatic ring is 1. The normalized spacial score (nSPS) is 11.0. The number of carbonyl (C=O) groups is 2. The van der Waals surface area contributed by atoms with Crippen LogP contribution in [0, 0.1) is 0 Å². The van der Waals surface area contributed by atoms with Crippen LogP contribution in [0.15, 0.2) is 36.5 Å². The molecule has 6 N–H and O–H groups in total. The third kappa shape index (κ3) is 2.38. The molecule has 2 aromatic rings. The Morgan fingerprint density at radius 3 is 2.14 bits per heavy atom. The monoisotopic (exact) mass is 286 g/mol. The van der Waals surface area contributed by atoms with Crippen molar-refractivity contribution in [2.24, 2.45) is 5.73 Å². The van der Waals surface area contributed by atoms with Gasteiger partial charge in [0.1, 0.15) is 0 Å². The van der Waals surface area contributed by atoms with Gasteiger partial charge in [-0.1, -0.05) is 30.3 Å². The minimum atomic E-state index is -1.37. The van der Waals surface area contributed by atoms with Crippen LogP contribution in [0.3, 0.4) is 0 Å². The zero-order valence-electron chi connectivity index (χ0n) is 11.0. The Bertz CT molecular complexity index is 766. The molecule has 2 rings (SSSR count). The predicted molar refractivity (Wildman–Crippen MR) is 79.3 cm³/mol. The third-order valence-corrected chi connectivity index (χ3v) is 3.25. The Labute approximate surface area is 120 Å². The summed E-state index contributed by atoms with van der Waals surface area (Å²) in [6, 6.07) is 6.67. The fourth-order valence-corrected chi connectivity index (χ4v) is 2.38. The van der Waals surface area contributed by atoms with Crippen LogP contribution in [0.4, 0.5) is 5.69 Å². The highest BCUT2D eigenvalue weighted by molar-refractivity contribution is 6.16. The van der Waals surface area contributed by atoms with E-state index in [1.165, 1.54) is 6.20 Å². The minimum absolute atomic E-state index is 0.0447. The molecule has 0 aromatic heterocycles. The molecular weight excluding hydrogens is 272 g/mol. The van der Waals surface area contributed by atoms with Gasteiger partial charge in [-0.25, -0.2) is 9.59 Å². The minimum Gasteiger partial charge on any atom is -0.478 e. The molecule has 21 heavy (non-hydrogen) atoms. The highest BCUT2D eigenvalue weighted by Gasteiger charge is 2.25.